The molecule has 2 nitrogen and oxygen atoms in total. The highest BCUT2D eigenvalue weighted by atomic mass is 19.4. The zero-order valence-corrected chi connectivity index (χ0v) is 10.4. The van der Waals surface area contributed by atoms with Crippen LogP contribution in [0, 0.1) is 5.92 Å². The van der Waals surface area contributed by atoms with E-state index in [1.165, 1.54) is 19.3 Å². The highest BCUT2D eigenvalue weighted by Gasteiger charge is 2.27. The van der Waals surface area contributed by atoms with Gasteiger partial charge in [-0.05, 0) is 25.3 Å². The van der Waals surface area contributed by atoms with Crippen LogP contribution in [0.25, 0.3) is 0 Å². The number of nitrogens with one attached hydrogen (secondary N) is 1. The third-order valence-electron chi connectivity index (χ3n) is 3.21. The van der Waals surface area contributed by atoms with Crippen molar-refractivity contribution in [2.45, 2.75) is 51.2 Å². The van der Waals surface area contributed by atoms with E-state index >= 15 is 0 Å². The van der Waals surface area contributed by atoms with Gasteiger partial charge in [-0.25, -0.2) is 0 Å². The Balaban J connectivity index is 2.10. The minimum absolute atomic E-state index is 0.184. The predicted octanol–water partition coefficient (Wildman–Crippen LogP) is 3.12. The van der Waals surface area contributed by atoms with Crippen molar-refractivity contribution in [3.05, 3.63) is 0 Å². The standard InChI is InChI=1S/C12H22F3NO/c1-2-16-11(8-10-4-3-5-10)6-7-17-9-12(13,14)15/h10-11,16H,2-9H2,1H3. The third-order valence-corrected chi connectivity index (χ3v) is 3.21. The van der Waals surface area contributed by atoms with Crippen molar-refractivity contribution in [2.75, 3.05) is 19.8 Å². The van der Waals surface area contributed by atoms with Crippen LogP contribution in [0.3, 0.4) is 0 Å². The first-order chi connectivity index (χ1) is 8.01. The molecule has 0 radical (unpaired) electrons. The van der Waals surface area contributed by atoms with Gasteiger partial charge in [-0.3, -0.25) is 0 Å². The second-order valence-electron chi connectivity index (χ2n) is 4.74. The monoisotopic (exact) mass is 253 g/mol. The second kappa shape index (κ2) is 7.21. The van der Waals surface area contributed by atoms with Gasteiger partial charge in [0.15, 0.2) is 0 Å². The molecule has 1 aliphatic rings. The molecule has 5 heteroatoms. The summed E-state index contributed by atoms with van der Waals surface area (Å²) in [5.74, 6) is 0.765. The van der Waals surface area contributed by atoms with Gasteiger partial charge in [0, 0.05) is 12.6 Å². The van der Waals surface area contributed by atoms with Crippen LogP contribution in [0.2, 0.25) is 0 Å². The molecule has 0 amide bonds. The van der Waals surface area contributed by atoms with E-state index in [0.717, 1.165) is 18.9 Å². The fourth-order valence-corrected chi connectivity index (χ4v) is 2.14. The van der Waals surface area contributed by atoms with Crippen LogP contribution < -0.4 is 5.32 Å². The van der Waals surface area contributed by atoms with Crippen LogP contribution in [0.4, 0.5) is 13.2 Å². The summed E-state index contributed by atoms with van der Waals surface area (Å²) in [4.78, 5) is 0. The Hall–Kier alpha value is -0.290. The Labute approximate surface area is 101 Å². The number of hydrogen-bond acceptors (Lipinski definition) is 2. The van der Waals surface area contributed by atoms with Gasteiger partial charge in [0.05, 0.1) is 0 Å². The van der Waals surface area contributed by atoms with E-state index in [1.54, 1.807) is 0 Å². The van der Waals surface area contributed by atoms with Gasteiger partial charge < -0.3 is 10.1 Å². The topological polar surface area (TPSA) is 21.3 Å². The zero-order chi connectivity index (χ0) is 12.7. The summed E-state index contributed by atoms with van der Waals surface area (Å²) in [7, 11) is 0. The van der Waals surface area contributed by atoms with E-state index in [0.29, 0.717) is 12.5 Å². The Bertz CT molecular complexity index is 204. The van der Waals surface area contributed by atoms with Crippen LogP contribution >= 0.6 is 0 Å². The van der Waals surface area contributed by atoms with Gasteiger partial charge in [0.25, 0.3) is 0 Å². The van der Waals surface area contributed by atoms with Gasteiger partial charge in [-0.15, -0.1) is 0 Å². The summed E-state index contributed by atoms with van der Waals surface area (Å²) in [5, 5.41) is 3.32. The van der Waals surface area contributed by atoms with Crippen molar-refractivity contribution in [1.29, 1.82) is 0 Å². The molecule has 0 spiro atoms. The molecular formula is C12H22F3NO. The molecule has 0 bridgehead atoms. The predicted molar refractivity (Wildman–Crippen MR) is 60.9 cm³/mol. The quantitative estimate of drug-likeness (QED) is 0.671. The Morgan fingerprint density at radius 3 is 2.53 bits per heavy atom. The minimum Gasteiger partial charge on any atom is -0.372 e. The second-order valence-corrected chi connectivity index (χ2v) is 4.74. The van der Waals surface area contributed by atoms with Gasteiger partial charge in [0.2, 0.25) is 0 Å². The molecule has 0 heterocycles. The molecule has 0 aromatic rings. The number of alkyl halides is 3. The lowest BCUT2D eigenvalue weighted by Gasteiger charge is -2.30. The van der Waals surface area contributed by atoms with E-state index in [4.69, 9.17) is 0 Å². The van der Waals surface area contributed by atoms with Crippen molar-refractivity contribution >= 4 is 0 Å². The maximum Gasteiger partial charge on any atom is 0.411 e. The third kappa shape index (κ3) is 6.88. The molecule has 1 fully saturated rings. The molecule has 0 aromatic heterocycles. The Kier molecular flexibility index (Phi) is 6.27. The Morgan fingerprint density at radius 2 is 2.06 bits per heavy atom. The maximum atomic E-state index is 11.9. The first-order valence-corrected chi connectivity index (χ1v) is 6.39. The molecular weight excluding hydrogens is 231 g/mol. The van der Waals surface area contributed by atoms with Crippen molar-refractivity contribution in [1.82, 2.24) is 5.32 Å². The summed E-state index contributed by atoms with van der Waals surface area (Å²) in [6.45, 7) is 1.93. The average Bonchev–Trinajstić information content (AvgIpc) is 2.16. The van der Waals surface area contributed by atoms with Crippen LogP contribution in [0.15, 0.2) is 0 Å². The smallest absolute Gasteiger partial charge is 0.372 e. The molecule has 1 N–H and O–H groups in total. The summed E-state index contributed by atoms with van der Waals surface area (Å²) in [6.07, 6.45) is 1.37. The molecule has 1 aliphatic carbocycles. The summed E-state index contributed by atoms with van der Waals surface area (Å²) >= 11 is 0. The fraction of sp³-hybridized carbons (Fsp3) is 1.00. The number of rotatable bonds is 8. The summed E-state index contributed by atoms with van der Waals surface area (Å²) in [5.41, 5.74) is 0. The average molecular weight is 253 g/mol. The SMILES string of the molecule is CCNC(CCOCC(F)(F)F)CC1CCC1. The molecule has 1 atom stereocenters. The molecule has 0 aromatic carbocycles. The lowest BCUT2D eigenvalue weighted by molar-refractivity contribution is -0.174. The molecule has 0 saturated heterocycles. The van der Waals surface area contributed by atoms with Crippen LogP contribution in [-0.4, -0.2) is 32.0 Å². The zero-order valence-electron chi connectivity index (χ0n) is 10.4. The van der Waals surface area contributed by atoms with Crippen LogP contribution in [0.5, 0.6) is 0 Å². The van der Waals surface area contributed by atoms with Crippen molar-refractivity contribution in [3.8, 4) is 0 Å². The van der Waals surface area contributed by atoms with E-state index < -0.39 is 12.8 Å². The molecule has 1 saturated carbocycles. The normalized spacial score (nSPS) is 19.1. The maximum absolute atomic E-state index is 11.9. The van der Waals surface area contributed by atoms with Crippen LogP contribution in [0.1, 0.15) is 39.0 Å². The number of ether oxygens (including phenoxy) is 1. The molecule has 17 heavy (non-hydrogen) atoms. The van der Waals surface area contributed by atoms with E-state index in [1.807, 2.05) is 6.92 Å². The molecule has 1 rings (SSSR count). The largest absolute Gasteiger partial charge is 0.411 e. The Morgan fingerprint density at radius 1 is 1.35 bits per heavy atom. The van der Waals surface area contributed by atoms with E-state index in [-0.39, 0.29) is 6.61 Å². The first-order valence-electron chi connectivity index (χ1n) is 6.39. The molecule has 1 unspecified atom stereocenters. The van der Waals surface area contributed by atoms with Crippen molar-refractivity contribution < 1.29 is 17.9 Å². The first kappa shape index (κ1) is 14.8. The number of halogens is 3. The lowest BCUT2D eigenvalue weighted by Crippen LogP contribution is -2.34. The van der Waals surface area contributed by atoms with E-state index in [2.05, 4.69) is 10.1 Å². The van der Waals surface area contributed by atoms with Crippen molar-refractivity contribution in [3.63, 3.8) is 0 Å². The van der Waals surface area contributed by atoms with Gasteiger partial charge >= 0.3 is 6.18 Å². The molecule has 102 valence electrons. The summed E-state index contributed by atoms with van der Waals surface area (Å²) < 4.78 is 40.2. The van der Waals surface area contributed by atoms with Crippen molar-refractivity contribution in [2.24, 2.45) is 5.92 Å². The van der Waals surface area contributed by atoms with E-state index in [9.17, 15) is 13.2 Å². The van der Waals surface area contributed by atoms with Gasteiger partial charge in [-0.1, -0.05) is 26.2 Å². The highest BCUT2D eigenvalue weighted by molar-refractivity contribution is 4.77. The molecule has 0 aliphatic heterocycles. The van der Waals surface area contributed by atoms with Crippen LogP contribution in [-0.2, 0) is 4.74 Å². The lowest BCUT2D eigenvalue weighted by atomic mass is 9.80. The van der Waals surface area contributed by atoms with Gasteiger partial charge in [0.1, 0.15) is 6.61 Å². The summed E-state index contributed by atoms with van der Waals surface area (Å²) in [6, 6.07) is 0.304. The minimum atomic E-state index is -4.21. The number of hydrogen-bond donors (Lipinski definition) is 1. The highest BCUT2D eigenvalue weighted by Crippen LogP contribution is 2.31. The fourth-order valence-electron chi connectivity index (χ4n) is 2.14. The van der Waals surface area contributed by atoms with Gasteiger partial charge in [-0.2, -0.15) is 13.2 Å².